The van der Waals surface area contributed by atoms with Gasteiger partial charge in [0.05, 0.1) is 11.9 Å². The van der Waals surface area contributed by atoms with Crippen molar-refractivity contribution in [3.8, 4) is 0 Å². The summed E-state index contributed by atoms with van der Waals surface area (Å²) in [6.45, 7) is 3.03. The Morgan fingerprint density at radius 3 is 2.31 bits per heavy atom. The van der Waals surface area contributed by atoms with Gasteiger partial charge in [-0.1, -0.05) is 0 Å². The van der Waals surface area contributed by atoms with E-state index in [9.17, 15) is 14.4 Å². The molecule has 0 rings (SSSR count). The van der Waals surface area contributed by atoms with Crippen LogP contribution in [-0.2, 0) is 19.1 Å². The number of carbonyl (C=O) groups excluding carboxylic acids is 3. The third kappa shape index (κ3) is 4.51. The van der Waals surface area contributed by atoms with Gasteiger partial charge < -0.3 is 9.47 Å². The molecule has 0 bridgehead atoms. The summed E-state index contributed by atoms with van der Waals surface area (Å²) in [5.74, 6) is -2.13. The number of hydrogen-bond acceptors (Lipinski definition) is 6. The molecule has 6 heteroatoms. The first-order chi connectivity index (χ1) is 5.99. The van der Waals surface area contributed by atoms with Crippen LogP contribution < -0.4 is 0 Å². The van der Waals surface area contributed by atoms with Crippen LogP contribution >= 0.6 is 12.6 Å². The Balaban J connectivity index is 4.01. The lowest BCUT2D eigenvalue weighted by molar-refractivity contribution is -0.150. The highest BCUT2D eigenvalue weighted by Crippen LogP contribution is 1.97. The summed E-state index contributed by atoms with van der Waals surface area (Å²) in [5.41, 5.74) is 0. The highest BCUT2D eigenvalue weighted by atomic mass is 32.1. The molecule has 0 amide bonds. The molecule has 13 heavy (non-hydrogen) atoms. The van der Waals surface area contributed by atoms with E-state index in [0.29, 0.717) is 0 Å². The van der Waals surface area contributed by atoms with Crippen LogP contribution in [0.5, 0.6) is 0 Å². The molecule has 0 aromatic heterocycles. The van der Waals surface area contributed by atoms with Crippen LogP contribution in [0.4, 0.5) is 4.79 Å². The van der Waals surface area contributed by atoms with Crippen molar-refractivity contribution in [3.05, 3.63) is 0 Å². The largest absolute Gasteiger partial charge is 0.516 e. The minimum atomic E-state index is -1.25. The van der Waals surface area contributed by atoms with Crippen molar-refractivity contribution in [1.82, 2.24) is 0 Å². The maximum absolute atomic E-state index is 10.8. The van der Waals surface area contributed by atoms with Crippen molar-refractivity contribution >= 4 is 30.5 Å². The fourth-order valence-electron chi connectivity index (χ4n) is 0.444. The number of ether oxygens (including phenoxy) is 2. The van der Waals surface area contributed by atoms with E-state index >= 15 is 0 Å². The highest BCUT2D eigenvalue weighted by Gasteiger charge is 2.23. The number of esters is 1. The lowest BCUT2D eigenvalue weighted by atomic mass is 10.3. The van der Waals surface area contributed by atoms with Gasteiger partial charge in [0.15, 0.2) is 0 Å². The topological polar surface area (TPSA) is 69.7 Å². The van der Waals surface area contributed by atoms with E-state index in [1.54, 1.807) is 6.92 Å². The first-order valence-electron chi connectivity index (χ1n) is 3.59. The van der Waals surface area contributed by atoms with Crippen molar-refractivity contribution in [2.24, 2.45) is 0 Å². The smallest absolute Gasteiger partial charge is 0.434 e. The van der Waals surface area contributed by atoms with Crippen LogP contribution in [0.2, 0.25) is 0 Å². The molecule has 0 saturated carbocycles. The monoisotopic (exact) mass is 206 g/mol. The summed E-state index contributed by atoms with van der Waals surface area (Å²) >= 11 is 3.70. The van der Waals surface area contributed by atoms with E-state index in [1.807, 2.05) is 0 Å². The Kier molecular flexibility index (Phi) is 5.13. The van der Waals surface area contributed by atoms with Gasteiger partial charge in [-0.05, 0) is 13.8 Å². The van der Waals surface area contributed by atoms with Crippen molar-refractivity contribution in [2.45, 2.75) is 19.1 Å². The second kappa shape index (κ2) is 5.58. The van der Waals surface area contributed by atoms with Gasteiger partial charge in [-0.15, -0.1) is 0 Å². The summed E-state index contributed by atoms with van der Waals surface area (Å²) < 4.78 is 8.30. The van der Waals surface area contributed by atoms with E-state index < -0.39 is 23.2 Å². The van der Waals surface area contributed by atoms with Crippen LogP contribution in [0, 0.1) is 0 Å². The van der Waals surface area contributed by atoms with Crippen LogP contribution in [-0.4, -0.2) is 29.8 Å². The number of hydrogen-bond donors (Lipinski definition) is 1. The molecule has 0 aliphatic heterocycles. The number of thiol groups is 1. The average Bonchev–Trinajstić information content (AvgIpc) is 2.03. The van der Waals surface area contributed by atoms with Gasteiger partial charge in [0, 0.05) is 0 Å². The second-order valence-corrected chi connectivity index (χ2v) is 2.89. The zero-order chi connectivity index (χ0) is 10.4. The summed E-state index contributed by atoms with van der Waals surface area (Å²) in [6, 6.07) is 0. The van der Waals surface area contributed by atoms with E-state index in [1.165, 1.54) is 6.92 Å². The van der Waals surface area contributed by atoms with E-state index in [-0.39, 0.29) is 6.61 Å². The van der Waals surface area contributed by atoms with Gasteiger partial charge in [0.2, 0.25) is 0 Å². The van der Waals surface area contributed by atoms with Gasteiger partial charge in [0.25, 0.3) is 5.78 Å². The predicted molar refractivity (Wildman–Crippen MR) is 46.6 cm³/mol. The maximum atomic E-state index is 10.8. The van der Waals surface area contributed by atoms with Crippen LogP contribution in [0.3, 0.4) is 0 Å². The third-order valence-electron chi connectivity index (χ3n) is 1.02. The number of carbonyl (C=O) groups is 3. The molecular formula is C7H10O5S. The van der Waals surface area contributed by atoms with Gasteiger partial charge in [-0.2, -0.15) is 12.6 Å². The van der Waals surface area contributed by atoms with Crippen LogP contribution in [0.15, 0.2) is 0 Å². The molecule has 5 nitrogen and oxygen atoms in total. The molecule has 0 aliphatic rings. The van der Waals surface area contributed by atoms with Crippen molar-refractivity contribution in [3.63, 3.8) is 0 Å². The summed E-state index contributed by atoms with van der Waals surface area (Å²) in [7, 11) is 0. The SMILES string of the molecule is CCOC(=O)OC(=O)C(=O)C(C)S. The minimum absolute atomic E-state index is 0.0801. The quantitative estimate of drug-likeness (QED) is 0.316. The molecule has 0 N–H and O–H groups in total. The number of ketones is 1. The first-order valence-corrected chi connectivity index (χ1v) is 4.11. The lowest BCUT2D eigenvalue weighted by Crippen LogP contribution is -2.27. The molecule has 1 atom stereocenters. The summed E-state index contributed by atoms with van der Waals surface area (Å²) in [6.07, 6.45) is -1.17. The van der Waals surface area contributed by atoms with Crippen LogP contribution in [0.1, 0.15) is 13.8 Å². The van der Waals surface area contributed by atoms with Gasteiger partial charge in [0.1, 0.15) is 0 Å². The molecule has 1 unspecified atom stereocenters. The predicted octanol–water partition coefficient (Wildman–Crippen LogP) is 0.573. The molecule has 0 aliphatic carbocycles. The molecule has 0 aromatic carbocycles. The molecule has 0 heterocycles. The van der Waals surface area contributed by atoms with Crippen molar-refractivity contribution in [2.75, 3.05) is 6.61 Å². The molecule has 0 radical (unpaired) electrons. The van der Waals surface area contributed by atoms with Gasteiger partial charge in [-0.25, -0.2) is 9.59 Å². The third-order valence-corrected chi connectivity index (χ3v) is 1.25. The number of rotatable bonds is 3. The summed E-state index contributed by atoms with van der Waals surface area (Å²) in [5, 5.41) is -0.790. The normalized spacial score (nSPS) is 11.6. The second-order valence-electron chi connectivity index (χ2n) is 2.11. The van der Waals surface area contributed by atoms with Crippen LogP contribution in [0.25, 0.3) is 0 Å². The van der Waals surface area contributed by atoms with E-state index in [2.05, 4.69) is 22.1 Å². The Hall–Kier alpha value is -1.04. The zero-order valence-electron chi connectivity index (χ0n) is 7.27. The first kappa shape index (κ1) is 12.0. The minimum Gasteiger partial charge on any atom is -0.434 e. The fourth-order valence-corrected chi connectivity index (χ4v) is 0.549. The Labute approximate surface area is 80.8 Å². The standard InChI is InChI=1S/C7H10O5S/c1-3-11-7(10)12-6(9)5(8)4(2)13/h4,13H,3H2,1-2H3. The molecule has 0 spiro atoms. The molecule has 0 saturated heterocycles. The molecule has 0 fully saturated rings. The Bertz CT molecular complexity index is 223. The van der Waals surface area contributed by atoms with E-state index in [0.717, 1.165) is 0 Å². The van der Waals surface area contributed by atoms with Crippen molar-refractivity contribution < 1.29 is 23.9 Å². The average molecular weight is 206 g/mol. The highest BCUT2D eigenvalue weighted by molar-refractivity contribution is 7.82. The molecule has 0 aromatic rings. The maximum Gasteiger partial charge on any atom is 0.516 e. The van der Waals surface area contributed by atoms with Crippen molar-refractivity contribution in [1.29, 1.82) is 0 Å². The molecular weight excluding hydrogens is 196 g/mol. The fraction of sp³-hybridized carbons (Fsp3) is 0.571. The summed E-state index contributed by atoms with van der Waals surface area (Å²) in [4.78, 5) is 32.1. The Morgan fingerprint density at radius 1 is 1.38 bits per heavy atom. The lowest BCUT2D eigenvalue weighted by Gasteiger charge is -2.02. The van der Waals surface area contributed by atoms with Gasteiger partial charge in [-0.3, -0.25) is 4.79 Å². The Morgan fingerprint density at radius 2 is 1.92 bits per heavy atom. The van der Waals surface area contributed by atoms with Gasteiger partial charge >= 0.3 is 12.1 Å². The van der Waals surface area contributed by atoms with E-state index in [4.69, 9.17) is 0 Å². The molecule has 74 valence electrons. The zero-order valence-corrected chi connectivity index (χ0v) is 8.17. The number of Topliss-reactive ketones (excluding diaryl/α,β-unsaturated/α-hetero) is 1.